The lowest BCUT2D eigenvalue weighted by Crippen LogP contribution is -2.45. The van der Waals surface area contributed by atoms with E-state index < -0.39 is 6.10 Å². The zero-order valence-electron chi connectivity index (χ0n) is 17.0. The molecule has 1 aromatic carbocycles. The number of aliphatic hydroxyl groups is 1. The lowest BCUT2D eigenvalue weighted by Gasteiger charge is -2.28. The van der Waals surface area contributed by atoms with Gasteiger partial charge >= 0.3 is 0 Å². The van der Waals surface area contributed by atoms with Gasteiger partial charge in [-0.05, 0) is 54.3 Å². The molecule has 0 saturated heterocycles. The lowest BCUT2D eigenvalue weighted by atomic mass is 9.92. The number of halogens is 1. The third-order valence-corrected chi connectivity index (χ3v) is 5.44. The summed E-state index contributed by atoms with van der Waals surface area (Å²) in [5.41, 5.74) is 2.56. The summed E-state index contributed by atoms with van der Waals surface area (Å²) in [6.45, 7) is 0.281. The average molecular weight is 421 g/mol. The van der Waals surface area contributed by atoms with E-state index in [0.717, 1.165) is 24.8 Å². The van der Waals surface area contributed by atoms with Crippen molar-refractivity contribution in [2.45, 2.75) is 44.4 Å². The molecule has 4 rings (SSSR count). The fourth-order valence-electron chi connectivity index (χ4n) is 3.69. The molecule has 1 aliphatic carbocycles. The number of hydrogen-bond donors (Lipinski definition) is 2. The summed E-state index contributed by atoms with van der Waals surface area (Å²) in [6.07, 6.45) is 7.66. The molecule has 0 bridgehead atoms. The van der Waals surface area contributed by atoms with Crippen LogP contribution in [0.15, 0.2) is 61.1 Å². The number of rotatable bonds is 6. The Labute approximate surface area is 180 Å². The Kier molecular flexibility index (Phi) is 6.52. The number of carbonyl (C=O) groups excluding carboxylic acids is 1. The van der Waals surface area contributed by atoms with E-state index in [2.05, 4.69) is 15.3 Å². The molecule has 2 heterocycles. The Hall–Kier alpha value is -3.32. The van der Waals surface area contributed by atoms with Gasteiger partial charge in [-0.25, -0.2) is 9.37 Å². The van der Waals surface area contributed by atoms with Gasteiger partial charge < -0.3 is 15.2 Å². The first kappa shape index (κ1) is 20.9. The highest BCUT2D eigenvalue weighted by Crippen LogP contribution is 2.30. The van der Waals surface area contributed by atoms with E-state index in [-0.39, 0.29) is 24.4 Å². The van der Waals surface area contributed by atoms with Gasteiger partial charge in [0.1, 0.15) is 12.4 Å². The molecule has 6 nitrogen and oxygen atoms in total. The maximum absolute atomic E-state index is 13.4. The Balaban J connectivity index is 1.59. The molecule has 31 heavy (non-hydrogen) atoms. The number of hydrogen-bond acceptors (Lipinski definition) is 5. The Morgan fingerprint density at radius 2 is 1.87 bits per heavy atom. The van der Waals surface area contributed by atoms with E-state index in [4.69, 9.17) is 4.74 Å². The van der Waals surface area contributed by atoms with Crippen LogP contribution in [-0.4, -0.2) is 33.1 Å². The largest absolute Gasteiger partial charge is 0.472 e. The van der Waals surface area contributed by atoms with Crippen LogP contribution >= 0.6 is 0 Å². The number of aliphatic hydroxyl groups excluding tert-OH is 1. The van der Waals surface area contributed by atoms with Gasteiger partial charge in [0, 0.05) is 24.2 Å². The van der Waals surface area contributed by atoms with Crippen molar-refractivity contribution in [2.75, 3.05) is 0 Å². The van der Waals surface area contributed by atoms with Crippen LogP contribution in [0.4, 0.5) is 4.39 Å². The van der Waals surface area contributed by atoms with Crippen molar-refractivity contribution >= 4 is 5.91 Å². The molecular weight excluding hydrogens is 397 g/mol. The molecule has 0 spiro atoms. The lowest BCUT2D eigenvalue weighted by molar-refractivity contribution is 0.0717. The maximum atomic E-state index is 13.4. The Morgan fingerprint density at radius 3 is 2.61 bits per heavy atom. The van der Waals surface area contributed by atoms with Crippen LogP contribution in [0.1, 0.15) is 41.6 Å². The zero-order chi connectivity index (χ0) is 21.6. The standard InChI is InChI=1S/C24H24FN3O3/c25-19-7-5-17(6-8-19)20-13-18(23(30)28-21-3-1-2-4-22(21)29)14-27-24(20)31-15-16-9-11-26-12-10-16/h5-14,21-22,29H,1-4,15H2,(H,28,30)/t21?,22-/m1/s1. The summed E-state index contributed by atoms with van der Waals surface area (Å²) in [7, 11) is 0. The first-order valence-electron chi connectivity index (χ1n) is 10.4. The third-order valence-electron chi connectivity index (χ3n) is 5.44. The van der Waals surface area contributed by atoms with Gasteiger partial charge in [-0.15, -0.1) is 0 Å². The van der Waals surface area contributed by atoms with Crippen LogP contribution in [0.5, 0.6) is 5.88 Å². The highest BCUT2D eigenvalue weighted by atomic mass is 19.1. The highest BCUT2D eigenvalue weighted by molar-refractivity contribution is 5.95. The van der Waals surface area contributed by atoms with Crippen LogP contribution in [-0.2, 0) is 6.61 Å². The Morgan fingerprint density at radius 1 is 1.13 bits per heavy atom. The van der Waals surface area contributed by atoms with Crippen molar-refractivity contribution in [2.24, 2.45) is 0 Å². The second kappa shape index (κ2) is 9.66. The van der Waals surface area contributed by atoms with Gasteiger partial charge in [0.05, 0.1) is 17.7 Å². The summed E-state index contributed by atoms with van der Waals surface area (Å²) in [6, 6.07) is 11.1. The fourth-order valence-corrected chi connectivity index (χ4v) is 3.69. The first-order valence-corrected chi connectivity index (χ1v) is 10.4. The van der Waals surface area contributed by atoms with Gasteiger partial charge in [-0.1, -0.05) is 25.0 Å². The number of ether oxygens (including phenoxy) is 1. The van der Waals surface area contributed by atoms with Crippen molar-refractivity contribution in [1.29, 1.82) is 0 Å². The second-order valence-corrected chi connectivity index (χ2v) is 7.66. The topological polar surface area (TPSA) is 84.3 Å². The monoisotopic (exact) mass is 421 g/mol. The van der Waals surface area contributed by atoms with Crippen LogP contribution < -0.4 is 10.1 Å². The molecule has 2 atom stereocenters. The third kappa shape index (κ3) is 5.24. The molecule has 2 N–H and O–H groups in total. The smallest absolute Gasteiger partial charge is 0.253 e. The van der Waals surface area contributed by atoms with E-state index in [0.29, 0.717) is 29.0 Å². The van der Waals surface area contributed by atoms with Gasteiger partial charge in [0.2, 0.25) is 5.88 Å². The zero-order valence-corrected chi connectivity index (χ0v) is 17.0. The molecule has 1 unspecified atom stereocenters. The van der Waals surface area contributed by atoms with Crippen LogP contribution in [0.3, 0.4) is 0 Å². The first-order chi connectivity index (χ1) is 15.1. The number of benzene rings is 1. The van der Waals surface area contributed by atoms with E-state index in [9.17, 15) is 14.3 Å². The summed E-state index contributed by atoms with van der Waals surface area (Å²) in [5.74, 6) is -0.309. The predicted octanol–water partition coefficient (Wildman–Crippen LogP) is 3.90. The number of nitrogens with zero attached hydrogens (tertiary/aromatic N) is 2. The summed E-state index contributed by atoms with van der Waals surface area (Å²) < 4.78 is 19.3. The van der Waals surface area contributed by atoms with Crippen LogP contribution in [0.25, 0.3) is 11.1 Å². The minimum absolute atomic E-state index is 0.266. The van der Waals surface area contributed by atoms with E-state index >= 15 is 0 Å². The van der Waals surface area contributed by atoms with E-state index in [1.165, 1.54) is 18.3 Å². The van der Waals surface area contributed by atoms with Crippen LogP contribution in [0.2, 0.25) is 0 Å². The van der Waals surface area contributed by atoms with Crippen molar-refractivity contribution in [1.82, 2.24) is 15.3 Å². The molecular formula is C24H24FN3O3. The van der Waals surface area contributed by atoms with Gasteiger partial charge in [-0.2, -0.15) is 0 Å². The summed E-state index contributed by atoms with van der Waals surface area (Å²) in [5, 5.41) is 13.1. The van der Waals surface area contributed by atoms with E-state index in [1.807, 2.05) is 12.1 Å². The number of amides is 1. The van der Waals surface area contributed by atoms with Crippen molar-refractivity contribution in [3.05, 3.63) is 78.0 Å². The molecule has 2 aromatic heterocycles. The molecule has 0 aliphatic heterocycles. The van der Waals surface area contributed by atoms with Crippen molar-refractivity contribution in [3.8, 4) is 17.0 Å². The van der Waals surface area contributed by atoms with Gasteiger partial charge in [0.15, 0.2) is 0 Å². The Bertz CT molecular complexity index is 1030. The number of carbonyl (C=O) groups is 1. The SMILES string of the molecule is O=C(NC1CCCC[C@H]1O)c1cnc(OCc2ccncc2)c(-c2ccc(F)cc2)c1. The van der Waals surface area contributed by atoms with Gasteiger partial charge in [-0.3, -0.25) is 9.78 Å². The predicted molar refractivity (Wildman–Crippen MR) is 114 cm³/mol. The molecule has 7 heteroatoms. The number of aromatic nitrogens is 2. The molecule has 3 aromatic rings. The molecule has 0 radical (unpaired) electrons. The average Bonchev–Trinajstić information content (AvgIpc) is 2.80. The molecule has 160 valence electrons. The normalized spacial score (nSPS) is 18.4. The minimum atomic E-state index is -0.537. The summed E-state index contributed by atoms with van der Waals surface area (Å²) >= 11 is 0. The number of nitrogens with one attached hydrogen (secondary N) is 1. The molecule has 1 fully saturated rings. The van der Waals surface area contributed by atoms with E-state index in [1.54, 1.807) is 30.6 Å². The van der Waals surface area contributed by atoms with Gasteiger partial charge in [0.25, 0.3) is 5.91 Å². The van der Waals surface area contributed by atoms with Crippen molar-refractivity contribution in [3.63, 3.8) is 0 Å². The maximum Gasteiger partial charge on any atom is 0.253 e. The quantitative estimate of drug-likeness (QED) is 0.631. The number of pyridine rings is 2. The molecule has 1 aliphatic rings. The minimum Gasteiger partial charge on any atom is -0.472 e. The highest BCUT2D eigenvalue weighted by Gasteiger charge is 2.25. The van der Waals surface area contributed by atoms with Crippen molar-refractivity contribution < 1.29 is 19.0 Å². The fraction of sp³-hybridized carbons (Fsp3) is 0.292. The summed E-state index contributed by atoms with van der Waals surface area (Å²) in [4.78, 5) is 21.2. The van der Waals surface area contributed by atoms with Crippen LogP contribution in [0, 0.1) is 5.82 Å². The molecule has 1 amide bonds. The molecule has 1 saturated carbocycles. The second-order valence-electron chi connectivity index (χ2n) is 7.66.